The van der Waals surface area contributed by atoms with Gasteiger partial charge in [-0.15, -0.1) is 0 Å². The second-order valence-electron chi connectivity index (χ2n) is 6.49. The Hall–Kier alpha value is -1.88. The Labute approximate surface area is 135 Å². The van der Waals surface area contributed by atoms with Gasteiger partial charge < -0.3 is 9.84 Å². The van der Waals surface area contributed by atoms with Crippen LogP contribution in [-0.4, -0.2) is 16.0 Å². The molecule has 0 aliphatic carbocycles. The molecule has 1 aromatic heterocycles. The summed E-state index contributed by atoms with van der Waals surface area (Å²) < 4.78 is 5.23. The summed E-state index contributed by atoms with van der Waals surface area (Å²) in [6, 6.07) is 6.84. The van der Waals surface area contributed by atoms with Crippen LogP contribution in [-0.2, 0) is 4.79 Å². The van der Waals surface area contributed by atoms with Gasteiger partial charge in [0.25, 0.3) is 0 Å². The summed E-state index contributed by atoms with van der Waals surface area (Å²) in [5.74, 6) is 0.821. The van der Waals surface area contributed by atoms with E-state index in [1.807, 2.05) is 39.8 Å². The third-order valence-electron chi connectivity index (χ3n) is 2.98. The van der Waals surface area contributed by atoms with Crippen molar-refractivity contribution in [2.24, 2.45) is 5.41 Å². The summed E-state index contributed by atoms with van der Waals surface area (Å²) in [7, 11) is 0. The highest BCUT2D eigenvalue weighted by Gasteiger charge is 2.21. The van der Waals surface area contributed by atoms with Crippen LogP contribution in [0.3, 0.4) is 0 Å². The zero-order chi connectivity index (χ0) is 16.3. The summed E-state index contributed by atoms with van der Waals surface area (Å²) in [6.07, 6.45) is 0.440. The van der Waals surface area contributed by atoms with E-state index in [9.17, 15) is 4.79 Å². The highest BCUT2D eigenvalue weighted by atomic mass is 35.5. The van der Waals surface area contributed by atoms with Gasteiger partial charge in [0.05, 0.1) is 0 Å². The third kappa shape index (κ3) is 4.56. The van der Waals surface area contributed by atoms with Gasteiger partial charge in [-0.2, -0.15) is 4.98 Å². The maximum atomic E-state index is 11.9. The molecule has 0 saturated carbocycles. The summed E-state index contributed by atoms with van der Waals surface area (Å²) in [5.41, 5.74) is 0.750. The topological polar surface area (TPSA) is 68.0 Å². The fourth-order valence-electron chi connectivity index (χ4n) is 1.96. The molecule has 0 bridgehead atoms. The number of carbonyl (C=O) groups is 1. The van der Waals surface area contributed by atoms with Crippen LogP contribution in [0.25, 0.3) is 11.4 Å². The molecule has 118 valence electrons. The van der Waals surface area contributed by atoms with E-state index in [0.717, 1.165) is 5.56 Å². The van der Waals surface area contributed by atoms with Gasteiger partial charge in [0, 0.05) is 17.0 Å². The van der Waals surface area contributed by atoms with Crippen molar-refractivity contribution in [2.45, 2.75) is 40.2 Å². The average Bonchev–Trinajstić information content (AvgIpc) is 2.86. The molecule has 1 N–H and O–H groups in total. The number of nitrogens with one attached hydrogen (secondary N) is 1. The highest BCUT2D eigenvalue weighted by Crippen LogP contribution is 2.22. The molecule has 1 heterocycles. The summed E-state index contributed by atoms with van der Waals surface area (Å²) in [5, 5.41) is 7.46. The Bertz CT molecular complexity index is 644. The molecule has 0 radical (unpaired) electrons. The number of rotatable bonds is 4. The van der Waals surface area contributed by atoms with Crippen LogP contribution in [0.15, 0.2) is 28.8 Å². The van der Waals surface area contributed by atoms with Gasteiger partial charge in [-0.3, -0.25) is 4.79 Å². The molecular formula is C16H20ClN3O2. The number of nitrogens with zero attached hydrogens (tertiary/aromatic N) is 2. The molecule has 0 spiro atoms. The number of carbonyl (C=O) groups excluding carboxylic acids is 1. The Balaban J connectivity index is 2.04. The number of amides is 1. The molecule has 0 aliphatic heterocycles. The maximum Gasteiger partial charge on any atom is 0.249 e. The molecular weight excluding hydrogens is 302 g/mol. The molecule has 0 saturated heterocycles. The minimum Gasteiger partial charge on any atom is -0.345 e. The van der Waals surface area contributed by atoms with Gasteiger partial charge in [-0.05, 0) is 36.6 Å². The van der Waals surface area contributed by atoms with Crippen molar-refractivity contribution < 1.29 is 9.32 Å². The Kier molecular flexibility index (Phi) is 4.86. The Morgan fingerprint density at radius 2 is 1.95 bits per heavy atom. The monoisotopic (exact) mass is 321 g/mol. The first-order valence-corrected chi connectivity index (χ1v) is 7.51. The number of benzene rings is 1. The molecule has 22 heavy (non-hydrogen) atoms. The summed E-state index contributed by atoms with van der Waals surface area (Å²) in [4.78, 5) is 16.3. The van der Waals surface area contributed by atoms with E-state index in [4.69, 9.17) is 16.1 Å². The fraction of sp³-hybridized carbons (Fsp3) is 0.438. The van der Waals surface area contributed by atoms with Crippen molar-refractivity contribution in [3.63, 3.8) is 0 Å². The first-order valence-electron chi connectivity index (χ1n) is 7.13. The van der Waals surface area contributed by atoms with E-state index in [1.165, 1.54) is 0 Å². The van der Waals surface area contributed by atoms with Gasteiger partial charge in [0.15, 0.2) is 0 Å². The standard InChI is InChI=1S/C16H20ClN3O2/c1-10(18-13(21)9-16(2,3)4)15-19-14(20-22-15)11-5-7-12(17)8-6-11/h5-8,10H,9H2,1-4H3,(H,18,21)/t10-/m0/s1. The van der Waals surface area contributed by atoms with Crippen LogP contribution in [0.2, 0.25) is 5.02 Å². The lowest BCUT2D eigenvalue weighted by Crippen LogP contribution is -2.30. The number of aromatic nitrogens is 2. The molecule has 2 aromatic rings. The van der Waals surface area contributed by atoms with E-state index in [1.54, 1.807) is 12.1 Å². The van der Waals surface area contributed by atoms with Crippen molar-refractivity contribution in [2.75, 3.05) is 0 Å². The van der Waals surface area contributed by atoms with Crippen LogP contribution in [0.1, 0.15) is 46.0 Å². The van der Waals surface area contributed by atoms with Crippen molar-refractivity contribution in [1.82, 2.24) is 15.5 Å². The lowest BCUT2D eigenvalue weighted by atomic mass is 9.92. The quantitative estimate of drug-likeness (QED) is 0.924. The van der Waals surface area contributed by atoms with Crippen LogP contribution >= 0.6 is 11.6 Å². The largest absolute Gasteiger partial charge is 0.345 e. The second kappa shape index (κ2) is 6.48. The molecule has 1 amide bonds. The zero-order valence-corrected chi connectivity index (χ0v) is 13.9. The Morgan fingerprint density at radius 1 is 1.32 bits per heavy atom. The molecule has 1 atom stereocenters. The second-order valence-corrected chi connectivity index (χ2v) is 6.93. The van der Waals surface area contributed by atoms with Gasteiger partial charge in [0.1, 0.15) is 6.04 Å². The van der Waals surface area contributed by atoms with Crippen molar-refractivity contribution in [3.05, 3.63) is 35.2 Å². The fourth-order valence-corrected chi connectivity index (χ4v) is 2.09. The molecule has 0 fully saturated rings. The molecule has 2 rings (SSSR count). The van der Waals surface area contributed by atoms with E-state index in [2.05, 4.69) is 15.5 Å². The minimum atomic E-state index is -0.330. The first-order chi connectivity index (χ1) is 10.2. The van der Waals surface area contributed by atoms with Gasteiger partial charge in [-0.25, -0.2) is 0 Å². The SMILES string of the molecule is C[C@H](NC(=O)CC(C)(C)C)c1nc(-c2ccc(Cl)cc2)no1. The van der Waals surface area contributed by atoms with E-state index in [-0.39, 0.29) is 17.4 Å². The maximum absolute atomic E-state index is 11.9. The third-order valence-corrected chi connectivity index (χ3v) is 3.23. The summed E-state index contributed by atoms with van der Waals surface area (Å²) >= 11 is 5.85. The smallest absolute Gasteiger partial charge is 0.249 e. The van der Waals surface area contributed by atoms with Gasteiger partial charge >= 0.3 is 0 Å². The minimum absolute atomic E-state index is 0.0359. The predicted octanol–water partition coefficient (Wildman–Crippen LogP) is 4.00. The van der Waals surface area contributed by atoms with Crippen LogP contribution in [0.5, 0.6) is 0 Å². The van der Waals surface area contributed by atoms with E-state index in [0.29, 0.717) is 23.2 Å². The molecule has 5 nitrogen and oxygen atoms in total. The van der Waals surface area contributed by atoms with Crippen molar-refractivity contribution in [1.29, 1.82) is 0 Å². The van der Waals surface area contributed by atoms with Crippen molar-refractivity contribution >= 4 is 17.5 Å². The van der Waals surface area contributed by atoms with Gasteiger partial charge in [-0.1, -0.05) is 37.5 Å². The highest BCUT2D eigenvalue weighted by molar-refractivity contribution is 6.30. The predicted molar refractivity (Wildman–Crippen MR) is 85.4 cm³/mol. The Morgan fingerprint density at radius 3 is 2.55 bits per heavy atom. The van der Waals surface area contributed by atoms with Gasteiger partial charge in [0.2, 0.25) is 17.6 Å². The molecule has 0 unspecified atom stereocenters. The summed E-state index contributed by atoms with van der Waals surface area (Å²) in [6.45, 7) is 7.87. The lowest BCUT2D eigenvalue weighted by molar-refractivity contribution is -0.123. The van der Waals surface area contributed by atoms with Crippen molar-refractivity contribution in [3.8, 4) is 11.4 Å². The van der Waals surface area contributed by atoms with E-state index >= 15 is 0 Å². The van der Waals surface area contributed by atoms with Crippen LogP contribution in [0, 0.1) is 5.41 Å². The molecule has 0 aliphatic rings. The lowest BCUT2D eigenvalue weighted by Gasteiger charge is -2.18. The normalized spacial score (nSPS) is 13.0. The molecule has 1 aromatic carbocycles. The van der Waals surface area contributed by atoms with E-state index < -0.39 is 0 Å². The molecule has 6 heteroatoms. The zero-order valence-electron chi connectivity index (χ0n) is 13.2. The average molecular weight is 322 g/mol. The first kappa shape index (κ1) is 16.5. The number of halogens is 1. The number of hydrogen-bond donors (Lipinski definition) is 1. The van der Waals surface area contributed by atoms with Crippen LogP contribution < -0.4 is 5.32 Å². The van der Waals surface area contributed by atoms with Crippen LogP contribution in [0.4, 0.5) is 0 Å². The number of hydrogen-bond acceptors (Lipinski definition) is 4.